The van der Waals surface area contributed by atoms with E-state index in [9.17, 15) is 0 Å². The SMILES string of the molecule is c1cc2nscc2c2csnc12. The molecule has 0 saturated carbocycles. The molecule has 0 spiro atoms. The standard InChI is InChI=1S/C8H4N2S2/c1-2-8-6(4-12-10-8)5-3-11-9-7(1)5/h1-4H. The second-order valence-corrected chi connectivity index (χ2v) is 3.82. The van der Waals surface area contributed by atoms with Gasteiger partial charge in [-0.25, -0.2) is 0 Å². The average Bonchev–Trinajstić information content (AvgIpc) is 2.71. The molecular weight excluding hydrogens is 188 g/mol. The Morgan fingerprint density at radius 1 is 0.833 bits per heavy atom. The van der Waals surface area contributed by atoms with Gasteiger partial charge >= 0.3 is 0 Å². The molecule has 2 heterocycles. The maximum atomic E-state index is 4.27. The van der Waals surface area contributed by atoms with Gasteiger partial charge in [0.1, 0.15) is 0 Å². The van der Waals surface area contributed by atoms with Gasteiger partial charge in [-0.1, -0.05) is 0 Å². The van der Waals surface area contributed by atoms with Crippen LogP contribution in [0.25, 0.3) is 21.8 Å². The van der Waals surface area contributed by atoms with Gasteiger partial charge in [-0.05, 0) is 35.2 Å². The fourth-order valence-electron chi connectivity index (χ4n) is 1.29. The Morgan fingerprint density at radius 2 is 1.33 bits per heavy atom. The predicted octanol–water partition coefficient (Wildman–Crippen LogP) is 2.91. The van der Waals surface area contributed by atoms with Crippen LogP contribution in [0.2, 0.25) is 0 Å². The summed E-state index contributed by atoms with van der Waals surface area (Å²) in [5.41, 5.74) is 2.15. The van der Waals surface area contributed by atoms with Crippen molar-refractivity contribution in [2.75, 3.05) is 0 Å². The number of benzene rings is 1. The minimum Gasteiger partial charge on any atom is -0.193 e. The highest BCUT2D eigenvalue weighted by molar-refractivity contribution is 7.06. The molecule has 4 heteroatoms. The lowest BCUT2D eigenvalue weighted by Gasteiger charge is -1.87. The molecule has 0 aliphatic heterocycles. The molecule has 0 bridgehead atoms. The van der Waals surface area contributed by atoms with Crippen molar-refractivity contribution in [1.82, 2.24) is 8.75 Å². The molecule has 0 atom stereocenters. The number of nitrogens with zero attached hydrogens (tertiary/aromatic N) is 2. The van der Waals surface area contributed by atoms with Gasteiger partial charge in [-0.3, -0.25) is 0 Å². The Labute approximate surface area is 76.8 Å². The lowest BCUT2D eigenvalue weighted by Crippen LogP contribution is -1.68. The summed E-state index contributed by atoms with van der Waals surface area (Å²) in [5.74, 6) is 0. The molecule has 0 unspecified atom stereocenters. The van der Waals surface area contributed by atoms with E-state index in [-0.39, 0.29) is 0 Å². The fourth-order valence-corrected chi connectivity index (χ4v) is 2.65. The first-order valence-electron chi connectivity index (χ1n) is 3.52. The topological polar surface area (TPSA) is 25.8 Å². The first-order chi connectivity index (χ1) is 5.95. The zero-order chi connectivity index (χ0) is 7.97. The summed E-state index contributed by atoms with van der Waals surface area (Å²) in [6.07, 6.45) is 0. The van der Waals surface area contributed by atoms with E-state index in [0.717, 1.165) is 11.0 Å². The second kappa shape index (κ2) is 2.24. The van der Waals surface area contributed by atoms with Gasteiger partial charge < -0.3 is 0 Å². The van der Waals surface area contributed by atoms with E-state index in [2.05, 4.69) is 19.5 Å². The molecule has 0 aliphatic rings. The minimum absolute atomic E-state index is 1.08. The molecule has 0 aliphatic carbocycles. The van der Waals surface area contributed by atoms with Crippen LogP contribution in [-0.2, 0) is 0 Å². The monoisotopic (exact) mass is 192 g/mol. The number of aromatic nitrogens is 2. The van der Waals surface area contributed by atoms with Gasteiger partial charge in [0, 0.05) is 21.5 Å². The van der Waals surface area contributed by atoms with Crippen LogP contribution in [0.3, 0.4) is 0 Å². The zero-order valence-electron chi connectivity index (χ0n) is 6.02. The van der Waals surface area contributed by atoms with E-state index in [1.807, 2.05) is 12.1 Å². The Bertz CT molecular complexity index is 488. The maximum Gasteiger partial charge on any atom is 0.0848 e. The van der Waals surface area contributed by atoms with Gasteiger partial charge in [-0.2, -0.15) is 8.75 Å². The van der Waals surface area contributed by atoms with E-state index in [4.69, 9.17) is 0 Å². The summed E-state index contributed by atoms with van der Waals surface area (Å²) in [4.78, 5) is 0. The van der Waals surface area contributed by atoms with E-state index in [1.165, 1.54) is 33.8 Å². The lowest BCUT2D eigenvalue weighted by atomic mass is 10.2. The third-order valence-electron chi connectivity index (χ3n) is 1.88. The quantitative estimate of drug-likeness (QED) is 0.547. The van der Waals surface area contributed by atoms with Gasteiger partial charge in [0.15, 0.2) is 0 Å². The summed E-state index contributed by atoms with van der Waals surface area (Å²) in [6.45, 7) is 0. The summed E-state index contributed by atoms with van der Waals surface area (Å²) < 4.78 is 8.53. The Kier molecular flexibility index (Phi) is 1.22. The molecule has 0 radical (unpaired) electrons. The largest absolute Gasteiger partial charge is 0.193 e. The van der Waals surface area contributed by atoms with Gasteiger partial charge in [-0.15, -0.1) is 0 Å². The summed E-state index contributed by atoms with van der Waals surface area (Å²) >= 11 is 3.00. The van der Waals surface area contributed by atoms with Gasteiger partial charge in [0.2, 0.25) is 0 Å². The predicted molar refractivity (Wildman–Crippen MR) is 52.8 cm³/mol. The molecular formula is C8H4N2S2. The van der Waals surface area contributed by atoms with Crippen LogP contribution in [0.5, 0.6) is 0 Å². The van der Waals surface area contributed by atoms with Crippen LogP contribution in [0.4, 0.5) is 0 Å². The van der Waals surface area contributed by atoms with Crippen LogP contribution in [0, 0.1) is 0 Å². The molecule has 0 N–H and O–H groups in total. The van der Waals surface area contributed by atoms with E-state index in [0.29, 0.717) is 0 Å². The molecule has 2 aromatic heterocycles. The number of hydrogen-bond donors (Lipinski definition) is 0. The Morgan fingerprint density at radius 3 is 1.83 bits per heavy atom. The van der Waals surface area contributed by atoms with Gasteiger partial charge in [0.05, 0.1) is 11.0 Å². The Hall–Kier alpha value is -1.00. The first kappa shape index (κ1) is 6.51. The normalized spacial score (nSPS) is 11.3. The summed E-state index contributed by atoms with van der Waals surface area (Å²) in [5, 5.41) is 6.61. The van der Waals surface area contributed by atoms with Crippen molar-refractivity contribution in [2.45, 2.75) is 0 Å². The third kappa shape index (κ3) is 0.735. The van der Waals surface area contributed by atoms with Crippen LogP contribution < -0.4 is 0 Å². The molecule has 1 aromatic carbocycles. The zero-order valence-corrected chi connectivity index (χ0v) is 7.65. The van der Waals surface area contributed by atoms with E-state index < -0.39 is 0 Å². The van der Waals surface area contributed by atoms with Crippen molar-refractivity contribution in [3.63, 3.8) is 0 Å². The number of rotatable bonds is 0. The minimum atomic E-state index is 1.08. The fraction of sp³-hybridized carbons (Fsp3) is 0. The van der Waals surface area contributed by atoms with Crippen molar-refractivity contribution in [2.24, 2.45) is 0 Å². The highest BCUT2D eigenvalue weighted by atomic mass is 32.1. The van der Waals surface area contributed by atoms with Crippen molar-refractivity contribution >= 4 is 44.9 Å². The second-order valence-electron chi connectivity index (χ2n) is 2.56. The average molecular weight is 192 g/mol. The molecule has 58 valence electrons. The number of hydrogen-bond acceptors (Lipinski definition) is 4. The Balaban J connectivity index is 2.71. The van der Waals surface area contributed by atoms with Crippen molar-refractivity contribution in [1.29, 1.82) is 0 Å². The van der Waals surface area contributed by atoms with Crippen LogP contribution in [0.1, 0.15) is 0 Å². The third-order valence-corrected chi connectivity index (χ3v) is 3.17. The molecule has 3 aromatic rings. The molecule has 3 rings (SSSR count). The van der Waals surface area contributed by atoms with E-state index in [1.54, 1.807) is 0 Å². The van der Waals surface area contributed by atoms with Gasteiger partial charge in [0.25, 0.3) is 0 Å². The summed E-state index contributed by atoms with van der Waals surface area (Å²) in [7, 11) is 0. The molecule has 0 fully saturated rings. The molecule has 0 amide bonds. The molecule has 0 saturated heterocycles. The highest BCUT2D eigenvalue weighted by Gasteiger charge is 2.03. The maximum absolute atomic E-state index is 4.27. The van der Waals surface area contributed by atoms with Crippen LogP contribution >= 0.6 is 23.1 Å². The van der Waals surface area contributed by atoms with Crippen molar-refractivity contribution < 1.29 is 0 Å². The highest BCUT2D eigenvalue weighted by Crippen LogP contribution is 2.26. The molecule has 2 nitrogen and oxygen atoms in total. The van der Waals surface area contributed by atoms with Crippen LogP contribution in [0.15, 0.2) is 22.9 Å². The number of fused-ring (bicyclic) bond motifs is 3. The van der Waals surface area contributed by atoms with E-state index >= 15 is 0 Å². The summed E-state index contributed by atoms with van der Waals surface area (Å²) in [6, 6.07) is 4.04. The van der Waals surface area contributed by atoms with Crippen molar-refractivity contribution in [3.8, 4) is 0 Å². The smallest absolute Gasteiger partial charge is 0.0848 e. The lowest BCUT2D eigenvalue weighted by molar-refractivity contribution is 1.65. The first-order valence-corrected chi connectivity index (χ1v) is 5.19. The molecule has 12 heavy (non-hydrogen) atoms. The van der Waals surface area contributed by atoms with Crippen LogP contribution in [-0.4, -0.2) is 8.75 Å². The van der Waals surface area contributed by atoms with Crippen molar-refractivity contribution in [3.05, 3.63) is 22.9 Å².